The second-order valence-electron chi connectivity index (χ2n) is 5.10. The number of hydrogen-bond donors (Lipinski definition) is 1. The molecule has 1 saturated carbocycles. The van der Waals surface area contributed by atoms with E-state index in [1.807, 2.05) is 6.07 Å². The van der Waals surface area contributed by atoms with Gasteiger partial charge in [-0.05, 0) is 55.3 Å². The molecule has 0 radical (unpaired) electrons. The first-order valence-corrected chi connectivity index (χ1v) is 6.73. The minimum atomic E-state index is 0.550. The molecule has 0 bridgehead atoms. The van der Waals surface area contributed by atoms with Crippen LogP contribution >= 0.6 is 11.6 Å². The molecule has 1 unspecified atom stereocenters. The number of rotatable bonds is 3. The van der Waals surface area contributed by atoms with Gasteiger partial charge >= 0.3 is 0 Å². The van der Waals surface area contributed by atoms with Crippen LogP contribution in [0.1, 0.15) is 42.9 Å². The zero-order valence-electron chi connectivity index (χ0n) is 9.51. The fraction of sp³-hybridized carbons (Fsp3) is 0.571. The molecule has 16 heavy (non-hydrogen) atoms. The van der Waals surface area contributed by atoms with Crippen molar-refractivity contribution in [2.75, 3.05) is 6.54 Å². The van der Waals surface area contributed by atoms with E-state index < -0.39 is 0 Å². The molecule has 0 spiro atoms. The van der Waals surface area contributed by atoms with E-state index in [2.05, 4.69) is 17.4 Å². The number of halogens is 1. The maximum Gasteiger partial charge on any atom is 0.0441 e. The van der Waals surface area contributed by atoms with Gasteiger partial charge in [-0.1, -0.05) is 30.2 Å². The van der Waals surface area contributed by atoms with E-state index in [-0.39, 0.29) is 0 Å². The van der Waals surface area contributed by atoms with Crippen molar-refractivity contribution < 1.29 is 0 Å². The first-order valence-electron chi connectivity index (χ1n) is 6.35. The molecule has 0 saturated heterocycles. The van der Waals surface area contributed by atoms with Crippen LogP contribution in [0.2, 0.25) is 5.02 Å². The van der Waals surface area contributed by atoms with Crippen LogP contribution < -0.4 is 5.32 Å². The highest BCUT2D eigenvalue weighted by atomic mass is 35.5. The average molecular weight is 236 g/mol. The molecule has 86 valence electrons. The van der Waals surface area contributed by atoms with Gasteiger partial charge in [0.1, 0.15) is 0 Å². The molecule has 1 fully saturated rings. The quantitative estimate of drug-likeness (QED) is 0.842. The van der Waals surface area contributed by atoms with Gasteiger partial charge in [0.15, 0.2) is 0 Å². The Bertz CT molecular complexity index is 384. The normalized spacial score (nSPS) is 24.2. The number of hydrogen-bond acceptors (Lipinski definition) is 1. The first kappa shape index (κ1) is 10.6. The van der Waals surface area contributed by atoms with Gasteiger partial charge in [0.25, 0.3) is 0 Å². The summed E-state index contributed by atoms with van der Waals surface area (Å²) in [6.07, 6.45) is 6.62. The van der Waals surface area contributed by atoms with Crippen LogP contribution in [0.4, 0.5) is 0 Å². The van der Waals surface area contributed by atoms with E-state index >= 15 is 0 Å². The van der Waals surface area contributed by atoms with Crippen LogP contribution in [-0.4, -0.2) is 6.54 Å². The molecule has 0 amide bonds. The highest BCUT2D eigenvalue weighted by molar-refractivity contribution is 6.31. The fourth-order valence-corrected chi connectivity index (χ4v) is 3.10. The second-order valence-corrected chi connectivity index (χ2v) is 5.51. The maximum atomic E-state index is 6.21. The number of nitrogens with one attached hydrogen (secondary N) is 1. The van der Waals surface area contributed by atoms with E-state index in [4.69, 9.17) is 11.6 Å². The highest BCUT2D eigenvalue weighted by Crippen LogP contribution is 2.36. The Morgan fingerprint density at radius 2 is 2.12 bits per heavy atom. The van der Waals surface area contributed by atoms with E-state index in [1.54, 1.807) is 0 Å². The molecule has 2 heteroatoms. The van der Waals surface area contributed by atoms with E-state index in [0.29, 0.717) is 6.04 Å². The van der Waals surface area contributed by atoms with Gasteiger partial charge in [-0.3, -0.25) is 0 Å². The molecule has 3 rings (SSSR count). The molecule has 1 atom stereocenters. The van der Waals surface area contributed by atoms with Crippen LogP contribution in [0.3, 0.4) is 0 Å². The lowest BCUT2D eigenvalue weighted by Gasteiger charge is -2.27. The van der Waals surface area contributed by atoms with Crippen LogP contribution in [0.5, 0.6) is 0 Å². The Morgan fingerprint density at radius 1 is 1.25 bits per heavy atom. The minimum Gasteiger partial charge on any atom is -0.310 e. The molecule has 1 nitrogen and oxygen atoms in total. The Balaban J connectivity index is 1.68. The van der Waals surface area contributed by atoms with Crippen LogP contribution in [0.25, 0.3) is 0 Å². The Morgan fingerprint density at radius 3 is 2.88 bits per heavy atom. The van der Waals surface area contributed by atoms with Crippen molar-refractivity contribution >= 4 is 11.6 Å². The fourth-order valence-electron chi connectivity index (χ4n) is 2.83. The van der Waals surface area contributed by atoms with Gasteiger partial charge in [-0.25, -0.2) is 0 Å². The third-order valence-corrected chi connectivity index (χ3v) is 4.45. The predicted octanol–water partition coefficient (Wildman–Crippen LogP) is 3.72. The molecule has 1 aromatic rings. The van der Waals surface area contributed by atoms with Crippen molar-refractivity contribution in [3.05, 3.63) is 34.3 Å². The molecule has 0 aliphatic heterocycles. The van der Waals surface area contributed by atoms with E-state index in [1.165, 1.54) is 43.4 Å². The average Bonchev–Trinajstić information content (AvgIpc) is 2.61. The molecular weight excluding hydrogens is 218 g/mol. The van der Waals surface area contributed by atoms with Crippen molar-refractivity contribution in [2.45, 2.75) is 38.1 Å². The third kappa shape index (κ3) is 1.87. The molecule has 1 aromatic carbocycles. The first-order chi connectivity index (χ1) is 7.84. The Labute approximate surface area is 102 Å². The Kier molecular flexibility index (Phi) is 2.91. The molecule has 0 aromatic heterocycles. The monoisotopic (exact) mass is 235 g/mol. The van der Waals surface area contributed by atoms with Gasteiger partial charge in [0.05, 0.1) is 0 Å². The van der Waals surface area contributed by atoms with Crippen molar-refractivity contribution in [1.29, 1.82) is 0 Å². The smallest absolute Gasteiger partial charge is 0.0441 e. The molecule has 0 heterocycles. The molecular formula is C14H18ClN. The molecule has 2 aliphatic carbocycles. The van der Waals surface area contributed by atoms with Gasteiger partial charge in [0.2, 0.25) is 0 Å². The topological polar surface area (TPSA) is 12.0 Å². The summed E-state index contributed by atoms with van der Waals surface area (Å²) in [5, 5.41) is 4.66. The molecule has 2 aliphatic rings. The second kappa shape index (κ2) is 4.38. The van der Waals surface area contributed by atoms with Crippen molar-refractivity contribution in [1.82, 2.24) is 5.32 Å². The van der Waals surface area contributed by atoms with Crippen molar-refractivity contribution in [2.24, 2.45) is 5.92 Å². The largest absolute Gasteiger partial charge is 0.310 e. The van der Waals surface area contributed by atoms with Crippen molar-refractivity contribution in [3.8, 4) is 0 Å². The summed E-state index contributed by atoms with van der Waals surface area (Å²) in [5.74, 6) is 0.934. The predicted molar refractivity (Wildman–Crippen MR) is 67.9 cm³/mol. The highest BCUT2D eigenvalue weighted by Gasteiger charge is 2.25. The summed E-state index contributed by atoms with van der Waals surface area (Å²) in [6, 6.07) is 6.86. The van der Waals surface area contributed by atoms with Crippen molar-refractivity contribution in [3.63, 3.8) is 0 Å². The SMILES string of the molecule is Clc1cccc2c1CCC2NCC1CCC1. The summed E-state index contributed by atoms with van der Waals surface area (Å²) in [6.45, 7) is 1.19. The Hall–Kier alpha value is -0.530. The number of fused-ring (bicyclic) bond motifs is 1. The van der Waals surface area contributed by atoms with Crippen LogP contribution in [0, 0.1) is 5.92 Å². The lowest BCUT2D eigenvalue weighted by atomic mass is 9.85. The van der Waals surface area contributed by atoms with E-state index in [9.17, 15) is 0 Å². The van der Waals surface area contributed by atoms with Crippen LogP contribution in [0.15, 0.2) is 18.2 Å². The van der Waals surface area contributed by atoms with Gasteiger partial charge in [-0.15, -0.1) is 0 Å². The summed E-state index contributed by atoms with van der Waals surface area (Å²) in [5.41, 5.74) is 2.81. The van der Waals surface area contributed by atoms with E-state index in [0.717, 1.165) is 17.4 Å². The lowest BCUT2D eigenvalue weighted by molar-refractivity contribution is 0.289. The van der Waals surface area contributed by atoms with Gasteiger partial charge < -0.3 is 5.32 Å². The van der Waals surface area contributed by atoms with Gasteiger partial charge in [-0.2, -0.15) is 0 Å². The summed E-state index contributed by atoms with van der Waals surface area (Å²) < 4.78 is 0. The summed E-state index contributed by atoms with van der Waals surface area (Å²) >= 11 is 6.21. The van der Waals surface area contributed by atoms with Crippen LogP contribution in [-0.2, 0) is 6.42 Å². The maximum absolute atomic E-state index is 6.21. The molecule has 1 N–H and O–H groups in total. The standard InChI is InChI=1S/C14H18ClN/c15-13-6-2-5-12-11(13)7-8-14(12)16-9-10-3-1-4-10/h2,5-6,10,14,16H,1,3-4,7-9H2. The minimum absolute atomic E-state index is 0.550. The third-order valence-electron chi connectivity index (χ3n) is 4.09. The van der Waals surface area contributed by atoms with Gasteiger partial charge in [0, 0.05) is 11.1 Å². The zero-order valence-corrected chi connectivity index (χ0v) is 10.3. The number of benzene rings is 1. The zero-order chi connectivity index (χ0) is 11.0. The summed E-state index contributed by atoms with van der Waals surface area (Å²) in [4.78, 5) is 0. The lowest BCUT2D eigenvalue weighted by Crippen LogP contribution is -2.29. The summed E-state index contributed by atoms with van der Waals surface area (Å²) in [7, 11) is 0.